The number of amides is 2. The average molecular weight is 425 g/mol. The first kappa shape index (κ1) is 22.4. The van der Waals surface area contributed by atoms with Gasteiger partial charge in [-0.15, -0.1) is 0 Å². The number of benzene rings is 1. The van der Waals surface area contributed by atoms with Gasteiger partial charge < -0.3 is 19.6 Å². The minimum atomic E-state index is -3.03. The van der Waals surface area contributed by atoms with Gasteiger partial charge in [0.1, 0.15) is 11.8 Å². The van der Waals surface area contributed by atoms with Crippen LogP contribution in [0, 0.1) is 0 Å². The highest BCUT2D eigenvalue weighted by Crippen LogP contribution is 2.28. The molecule has 1 aromatic rings. The number of halogens is 2. The third kappa shape index (κ3) is 4.73. The Morgan fingerprint density at radius 3 is 2.47 bits per heavy atom. The lowest BCUT2D eigenvalue weighted by Crippen LogP contribution is -2.59. The van der Waals surface area contributed by atoms with E-state index in [1.54, 1.807) is 11.0 Å². The Balaban J connectivity index is 1.69. The lowest BCUT2D eigenvalue weighted by molar-refractivity contribution is -0.138. The van der Waals surface area contributed by atoms with Gasteiger partial charge in [-0.2, -0.15) is 8.78 Å². The van der Waals surface area contributed by atoms with Crippen LogP contribution in [-0.4, -0.2) is 89.1 Å². The molecule has 30 heavy (non-hydrogen) atoms. The number of carbonyl (C=O) groups is 2. The number of piperazine rings is 1. The van der Waals surface area contributed by atoms with E-state index in [4.69, 9.17) is 0 Å². The van der Waals surface area contributed by atoms with E-state index in [1.807, 2.05) is 13.8 Å². The summed E-state index contributed by atoms with van der Waals surface area (Å²) in [4.78, 5) is 31.6. The molecular formula is C21H29F2N3O4. The summed E-state index contributed by atoms with van der Waals surface area (Å²) in [6, 6.07) is 5.27. The van der Waals surface area contributed by atoms with Crippen molar-refractivity contribution in [1.29, 1.82) is 0 Å². The molecule has 2 amide bonds. The highest BCUT2D eigenvalue weighted by Gasteiger charge is 2.39. The van der Waals surface area contributed by atoms with Crippen molar-refractivity contribution in [2.45, 2.75) is 44.9 Å². The largest absolute Gasteiger partial charge is 0.434 e. The van der Waals surface area contributed by atoms with Gasteiger partial charge in [0.15, 0.2) is 0 Å². The fourth-order valence-electron chi connectivity index (χ4n) is 4.11. The lowest BCUT2D eigenvalue weighted by atomic mass is 10.0. The van der Waals surface area contributed by atoms with Crippen molar-refractivity contribution in [3.8, 4) is 5.75 Å². The number of hydrogen-bond acceptors (Lipinski definition) is 5. The molecule has 2 saturated heterocycles. The number of aliphatic hydroxyl groups is 1. The van der Waals surface area contributed by atoms with E-state index < -0.39 is 18.6 Å². The highest BCUT2D eigenvalue weighted by atomic mass is 19.3. The molecule has 0 aromatic heterocycles. The van der Waals surface area contributed by atoms with Crippen molar-refractivity contribution >= 4 is 11.8 Å². The van der Waals surface area contributed by atoms with Gasteiger partial charge in [-0.25, -0.2) is 0 Å². The molecule has 1 atom stereocenters. The van der Waals surface area contributed by atoms with Gasteiger partial charge in [-0.3, -0.25) is 14.5 Å². The van der Waals surface area contributed by atoms with E-state index in [0.717, 1.165) is 0 Å². The highest BCUT2D eigenvalue weighted by molar-refractivity contribution is 6.00. The predicted octanol–water partition coefficient (Wildman–Crippen LogP) is 1.81. The molecule has 1 aromatic carbocycles. The summed E-state index contributed by atoms with van der Waals surface area (Å²) in [7, 11) is 0. The third-order valence-corrected chi connectivity index (χ3v) is 5.97. The van der Waals surface area contributed by atoms with E-state index in [0.29, 0.717) is 45.6 Å². The van der Waals surface area contributed by atoms with Crippen molar-refractivity contribution in [3.63, 3.8) is 0 Å². The van der Waals surface area contributed by atoms with Gasteiger partial charge in [0.25, 0.3) is 5.91 Å². The van der Waals surface area contributed by atoms with Crippen molar-refractivity contribution in [1.82, 2.24) is 14.7 Å². The Bertz CT molecular complexity index is 766. The second-order valence-electron chi connectivity index (χ2n) is 8.31. The second kappa shape index (κ2) is 9.26. The molecule has 0 spiro atoms. The molecular weight excluding hydrogens is 396 g/mol. The Morgan fingerprint density at radius 2 is 1.83 bits per heavy atom. The average Bonchev–Trinajstić information content (AvgIpc) is 3.22. The number of para-hydroxylation sites is 1. The molecule has 166 valence electrons. The number of rotatable bonds is 6. The second-order valence-corrected chi connectivity index (χ2v) is 8.31. The molecule has 1 N–H and O–H groups in total. The summed E-state index contributed by atoms with van der Waals surface area (Å²) in [5.74, 6) is -0.771. The van der Waals surface area contributed by atoms with E-state index in [9.17, 15) is 23.5 Å². The van der Waals surface area contributed by atoms with Crippen LogP contribution in [0.3, 0.4) is 0 Å². The van der Waals surface area contributed by atoms with Crippen molar-refractivity contribution in [3.05, 3.63) is 29.8 Å². The molecule has 0 aliphatic carbocycles. The molecule has 7 nitrogen and oxygen atoms in total. The van der Waals surface area contributed by atoms with Crippen molar-refractivity contribution in [2.24, 2.45) is 0 Å². The van der Waals surface area contributed by atoms with E-state index in [2.05, 4.69) is 9.64 Å². The van der Waals surface area contributed by atoms with E-state index >= 15 is 0 Å². The summed E-state index contributed by atoms with van der Waals surface area (Å²) in [5, 5.41) is 9.55. The molecule has 2 fully saturated rings. The molecule has 0 radical (unpaired) electrons. The summed E-state index contributed by atoms with van der Waals surface area (Å²) in [6.07, 6.45) is 1.22. The molecule has 2 aliphatic heterocycles. The maximum absolute atomic E-state index is 13.1. The Labute approximate surface area is 175 Å². The van der Waals surface area contributed by atoms with Crippen LogP contribution in [0.25, 0.3) is 0 Å². The Morgan fingerprint density at radius 1 is 1.17 bits per heavy atom. The predicted molar refractivity (Wildman–Crippen MR) is 106 cm³/mol. The van der Waals surface area contributed by atoms with Gasteiger partial charge in [-0.05, 0) is 38.8 Å². The van der Waals surface area contributed by atoms with Crippen LogP contribution in [0.1, 0.15) is 37.0 Å². The van der Waals surface area contributed by atoms with Crippen LogP contribution in [0.2, 0.25) is 0 Å². The summed E-state index contributed by atoms with van der Waals surface area (Å²) in [5.41, 5.74) is -0.314. The number of hydrogen-bond donors (Lipinski definition) is 1. The van der Waals surface area contributed by atoms with Gasteiger partial charge in [0.05, 0.1) is 12.2 Å². The quantitative estimate of drug-likeness (QED) is 0.753. The fraction of sp³-hybridized carbons (Fsp3) is 0.619. The van der Waals surface area contributed by atoms with E-state index in [-0.39, 0.29) is 29.4 Å². The number of likely N-dealkylation sites (tertiary alicyclic amines) is 1. The first-order valence-electron chi connectivity index (χ1n) is 10.2. The molecule has 1 unspecified atom stereocenters. The van der Waals surface area contributed by atoms with Crippen molar-refractivity contribution in [2.75, 3.05) is 39.3 Å². The number of ether oxygens (including phenoxy) is 1. The zero-order chi connectivity index (χ0) is 21.9. The number of nitrogens with zero attached hydrogens (tertiary/aromatic N) is 3. The SMILES string of the molecule is CC(C)(CO)N1CCN(C(=O)C2CCCN2C(=O)c2ccccc2OC(F)F)CC1. The van der Waals surface area contributed by atoms with Crippen LogP contribution in [0.5, 0.6) is 5.75 Å². The van der Waals surface area contributed by atoms with Gasteiger partial charge in [0, 0.05) is 38.3 Å². The summed E-state index contributed by atoms with van der Waals surface area (Å²) < 4.78 is 29.9. The van der Waals surface area contributed by atoms with Crippen LogP contribution >= 0.6 is 0 Å². The Hall–Kier alpha value is -2.26. The van der Waals surface area contributed by atoms with Gasteiger partial charge >= 0.3 is 6.61 Å². The lowest BCUT2D eigenvalue weighted by Gasteiger charge is -2.44. The van der Waals surface area contributed by atoms with E-state index in [1.165, 1.54) is 23.1 Å². The summed E-state index contributed by atoms with van der Waals surface area (Å²) >= 11 is 0. The van der Waals surface area contributed by atoms with Crippen LogP contribution in [-0.2, 0) is 4.79 Å². The molecule has 9 heteroatoms. The first-order valence-corrected chi connectivity index (χ1v) is 10.2. The molecule has 0 bridgehead atoms. The Kier molecular flexibility index (Phi) is 6.92. The minimum absolute atomic E-state index is 0.0337. The zero-order valence-electron chi connectivity index (χ0n) is 17.4. The monoisotopic (exact) mass is 425 g/mol. The zero-order valence-corrected chi connectivity index (χ0v) is 17.4. The van der Waals surface area contributed by atoms with Crippen molar-refractivity contribution < 1.29 is 28.2 Å². The molecule has 2 aliphatic rings. The molecule has 2 heterocycles. The van der Waals surface area contributed by atoms with Crippen LogP contribution in [0.4, 0.5) is 8.78 Å². The number of aliphatic hydroxyl groups excluding tert-OH is 1. The minimum Gasteiger partial charge on any atom is -0.434 e. The van der Waals surface area contributed by atoms with Gasteiger partial charge in [-0.1, -0.05) is 12.1 Å². The normalized spacial score (nSPS) is 20.7. The topological polar surface area (TPSA) is 73.3 Å². The fourth-order valence-corrected chi connectivity index (χ4v) is 4.11. The molecule has 0 saturated carbocycles. The smallest absolute Gasteiger partial charge is 0.387 e. The van der Waals surface area contributed by atoms with Crippen LogP contribution < -0.4 is 4.74 Å². The summed E-state index contributed by atoms with van der Waals surface area (Å²) in [6.45, 7) is 3.64. The van der Waals surface area contributed by atoms with Gasteiger partial charge in [0.2, 0.25) is 5.91 Å². The number of carbonyl (C=O) groups excluding carboxylic acids is 2. The number of alkyl halides is 2. The van der Waals surface area contributed by atoms with Crippen LogP contribution in [0.15, 0.2) is 24.3 Å². The standard InChI is InChI=1S/C21H29F2N3O4/c1-21(2,14-27)25-12-10-24(11-13-25)19(29)16-7-5-9-26(16)18(28)15-6-3-4-8-17(15)30-20(22)23/h3-4,6,8,16,20,27H,5,7,9-14H2,1-2H3. The molecule has 3 rings (SSSR count). The maximum Gasteiger partial charge on any atom is 0.387 e. The maximum atomic E-state index is 13.1. The third-order valence-electron chi connectivity index (χ3n) is 5.97. The first-order chi connectivity index (χ1) is 14.2.